The average molecular weight is 425 g/mol. The number of aromatic nitrogens is 2. The zero-order valence-corrected chi connectivity index (χ0v) is 14.8. The number of nitrogens with one attached hydrogen (secondary N) is 2. The second-order valence-electron chi connectivity index (χ2n) is 5.86. The lowest BCUT2D eigenvalue weighted by Crippen LogP contribution is -2.52. The topological polar surface area (TPSA) is 114 Å². The number of ether oxygens (including phenoxy) is 2. The Bertz CT molecular complexity index is 931. The second-order valence-corrected chi connectivity index (χ2v) is 5.86. The van der Waals surface area contributed by atoms with Gasteiger partial charge in [0.1, 0.15) is 5.39 Å². The highest BCUT2D eigenvalue weighted by atomic mass is 19.4. The van der Waals surface area contributed by atoms with Crippen molar-refractivity contribution in [2.75, 3.05) is 20.2 Å². The van der Waals surface area contributed by atoms with E-state index in [-0.39, 0.29) is 23.3 Å². The fraction of sp³-hybridized carbons (Fsp3) is 0.438. The molecule has 1 fully saturated rings. The molecule has 1 aliphatic heterocycles. The van der Waals surface area contributed by atoms with E-state index in [4.69, 9.17) is 19.4 Å². The van der Waals surface area contributed by atoms with Gasteiger partial charge in [-0.15, -0.1) is 0 Å². The molecule has 3 rings (SSSR count). The lowest BCUT2D eigenvalue weighted by atomic mass is 10.1. The van der Waals surface area contributed by atoms with Gasteiger partial charge in [-0.2, -0.15) is 13.2 Å². The van der Waals surface area contributed by atoms with Gasteiger partial charge >= 0.3 is 12.1 Å². The number of methoxy groups -OCH3 is 1. The number of hydrogen-bond acceptors (Lipinski definition) is 6. The average Bonchev–Trinajstić information content (AvgIpc) is 2.63. The molecule has 1 aliphatic rings. The number of carboxylic acids is 1. The van der Waals surface area contributed by atoms with Crippen molar-refractivity contribution >= 4 is 16.9 Å². The van der Waals surface area contributed by atoms with Gasteiger partial charge in [-0.1, -0.05) is 0 Å². The zero-order chi connectivity index (χ0) is 21.8. The van der Waals surface area contributed by atoms with Crippen LogP contribution in [0.4, 0.5) is 22.0 Å². The fourth-order valence-corrected chi connectivity index (χ4v) is 2.49. The van der Waals surface area contributed by atoms with Crippen LogP contribution in [0.2, 0.25) is 0 Å². The number of rotatable bonds is 3. The minimum absolute atomic E-state index is 0.000856. The van der Waals surface area contributed by atoms with Crippen molar-refractivity contribution in [1.29, 1.82) is 0 Å². The van der Waals surface area contributed by atoms with Crippen molar-refractivity contribution in [2.24, 2.45) is 0 Å². The van der Waals surface area contributed by atoms with Crippen molar-refractivity contribution < 1.29 is 41.3 Å². The molecule has 3 N–H and O–H groups in total. The third kappa shape index (κ3) is 5.31. The number of aliphatic carboxylic acids is 1. The molecule has 1 unspecified atom stereocenters. The molecule has 160 valence electrons. The molecule has 0 bridgehead atoms. The van der Waals surface area contributed by atoms with E-state index in [1.807, 2.05) is 0 Å². The molecule has 2 heterocycles. The molecule has 0 amide bonds. The van der Waals surface area contributed by atoms with Crippen LogP contribution in [0.25, 0.3) is 10.9 Å². The van der Waals surface area contributed by atoms with E-state index in [2.05, 4.69) is 15.3 Å². The summed E-state index contributed by atoms with van der Waals surface area (Å²) in [7, 11) is 1.39. The van der Waals surface area contributed by atoms with Crippen LogP contribution in [-0.2, 0) is 4.79 Å². The van der Waals surface area contributed by atoms with Crippen molar-refractivity contribution in [2.45, 2.75) is 24.6 Å². The zero-order valence-electron chi connectivity index (χ0n) is 14.8. The van der Waals surface area contributed by atoms with Crippen LogP contribution in [0.5, 0.6) is 11.5 Å². The molecule has 29 heavy (non-hydrogen) atoms. The van der Waals surface area contributed by atoms with Crippen LogP contribution in [0.15, 0.2) is 23.3 Å². The summed E-state index contributed by atoms with van der Waals surface area (Å²) in [6.45, 7) is -0.0404. The van der Waals surface area contributed by atoms with Gasteiger partial charge in [0.15, 0.2) is 17.6 Å². The number of halogens is 5. The van der Waals surface area contributed by atoms with E-state index in [1.165, 1.54) is 13.4 Å². The van der Waals surface area contributed by atoms with Crippen LogP contribution in [0.1, 0.15) is 6.42 Å². The van der Waals surface area contributed by atoms with Gasteiger partial charge in [-0.3, -0.25) is 4.79 Å². The molecule has 0 spiro atoms. The van der Waals surface area contributed by atoms with E-state index in [0.717, 1.165) is 0 Å². The quantitative estimate of drug-likeness (QED) is 0.644. The molecule has 13 heteroatoms. The minimum Gasteiger partial charge on any atom is -0.493 e. The van der Waals surface area contributed by atoms with Crippen molar-refractivity contribution in [3.8, 4) is 11.5 Å². The number of fused-ring (bicyclic) bond motifs is 1. The largest absolute Gasteiger partial charge is 0.493 e. The first kappa shape index (κ1) is 22.3. The Morgan fingerprint density at radius 3 is 2.55 bits per heavy atom. The third-order valence-electron chi connectivity index (χ3n) is 3.86. The number of carbonyl (C=O) groups is 1. The van der Waals surface area contributed by atoms with E-state index < -0.39 is 36.3 Å². The Morgan fingerprint density at radius 2 is 2.00 bits per heavy atom. The number of hydrogen-bond donors (Lipinski definition) is 3. The summed E-state index contributed by atoms with van der Waals surface area (Å²) in [5.74, 6) is -5.56. The number of alkyl halides is 5. The van der Waals surface area contributed by atoms with Gasteiger partial charge in [-0.05, 0) is 18.7 Å². The predicted molar refractivity (Wildman–Crippen MR) is 89.5 cm³/mol. The first-order chi connectivity index (χ1) is 13.5. The van der Waals surface area contributed by atoms with Gasteiger partial charge in [0, 0.05) is 6.42 Å². The molecule has 0 aliphatic carbocycles. The number of H-pyrrole nitrogens is 1. The lowest BCUT2D eigenvalue weighted by molar-refractivity contribution is -0.192. The number of benzene rings is 1. The first-order valence-electron chi connectivity index (χ1n) is 8.07. The molecule has 0 radical (unpaired) electrons. The summed E-state index contributed by atoms with van der Waals surface area (Å²) >= 11 is 0. The Kier molecular flexibility index (Phi) is 6.62. The summed E-state index contributed by atoms with van der Waals surface area (Å²) in [4.78, 5) is 27.4. The van der Waals surface area contributed by atoms with Crippen molar-refractivity contribution in [3.05, 3.63) is 28.8 Å². The molecular formula is C16H16F5N3O5. The summed E-state index contributed by atoms with van der Waals surface area (Å²) in [5.41, 5.74) is -0.104. The van der Waals surface area contributed by atoms with E-state index >= 15 is 0 Å². The van der Waals surface area contributed by atoms with Crippen molar-refractivity contribution in [1.82, 2.24) is 15.3 Å². The van der Waals surface area contributed by atoms with Crippen LogP contribution in [0, 0.1) is 0 Å². The van der Waals surface area contributed by atoms with Gasteiger partial charge in [0.25, 0.3) is 11.5 Å². The molecule has 1 aromatic carbocycles. The maximum Gasteiger partial charge on any atom is 0.490 e. The summed E-state index contributed by atoms with van der Waals surface area (Å²) in [6.07, 6.45) is -5.03. The van der Waals surface area contributed by atoms with Gasteiger partial charge < -0.3 is 24.9 Å². The number of aromatic amines is 1. The normalized spacial score (nSPS) is 18.5. The molecule has 1 atom stereocenters. The maximum absolute atomic E-state index is 14.0. The summed E-state index contributed by atoms with van der Waals surface area (Å²) in [6, 6.07) is 3.13. The van der Waals surface area contributed by atoms with E-state index in [9.17, 15) is 26.7 Å². The van der Waals surface area contributed by atoms with Crippen LogP contribution < -0.4 is 20.3 Å². The molecule has 1 saturated heterocycles. The minimum atomic E-state index is -5.08. The molecular weight excluding hydrogens is 409 g/mol. The predicted octanol–water partition coefficient (Wildman–Crippen LogP) is 1.94. The molecule has 2 aromatic rings. The Morgan fingerprint density at radius 1 is 1.34 bits per heavy atom. The highest BCUT2D eigenvalue weighted by Gasteiger charge is 2.44. The highest BCUT2D eigenvalue weighted by Crippen LogP contribution is 2.37. The van der Waals surface area contributed by atoms with Gasteiger partial charge in [-0.25, -0.2) is 18.6 Å². The molecule has 1 aromatic heterocycles. The van der Waals surface area contributed by atoms with Crippen LogP contribution >= 0.6 is 0 Å². The van der Waals surface area contributed by atoms with Crippen LogP contribution in [-0.4, -0.2) is 59.4 Å². The summed E-state index contributed by atoms with van der Waals surface area (Å²) in [5, 5.41) is 9.86. The number of nitrogens with zero attached hydrogens (tertiary/aromatic N) is 1. The Hall–Kier alpha value is -2.96. The molecule has 0 saturated carbocycles. The van der Waals surface area contributed by atoms with E-state index in [1.54, 1.807) is 12.1 Å². The van der Waals surface area contributed by atoms with Crippen molar-refractivity contribution in [3.63, 3.8) is 0 Å². The second kappa shape index (κ2) is 8.59. The maximum atomic E-state index is 14.0. The number of piperidine rings is 1. The van der Waals surface area contributed by atoms with Gasteiger partial charge in [0.05, 0.1) is 25.5 Å². The van der Waals surface area contributed by atoms with Gasteiger partial charge in [0.2, 0.25) is 0 Å². The SMILES string of the molecule is COc1ccc2nc[nH]c(=O)c2c1OC1CCNCC1(F)F.O=C(O)C(F)(F)F. The fourth-order valence-electron chi connectivity index (χ4n) is 2.49. The first-order valence-corrected chi connectivity index (χ1v) is 8.07. The van der Waals surface area contributed by atoms with Crippen LogP contribution in [0.3, 0.4) is 0 Å². The smallest absolute Gasteiger partial charge is 0.490 e. The Balaban J connectivity index is 0.000000370. The molecule has 8 nitrogen and oxygen atoms in total. The standard InChI is InChI=1S/C14H15F2N3O3.C2HF3O2/c1-21-9-3-2-8-11(13(20)19-7-18-8)12(9)22-10-4-5-17-6-14(10,15)16;3-2(4,5)1(6)7/h2-3,7,10,17H,4-6H2,1H3,(H,18,19,20);(H,6,7). The van der Waals surface area contributed by atoms with E-state index in [0.29, 0.717) is 12.1 Å². The summed E-state index contributed by atoms with van der Waals surface area (Å²) < 4.78 is 70.3. The number of carboxylic acid groups (broad SMARTS) is 1. The monoisotopic (exact) mass is 425 g/mol. The third-order valence-corrected chi connectivity index (χ3v) is 3.86. The lowest BCUT2D eigenvalue weighted by Gasteiger charge is -2.32. The highest BCUT2D eigenvalue weighted by molar-refractivity contribution is 5.86. The Labute approximate surface area is 159 Å².